The van der Waals surface area contributed by atoms with Gasteiger partial charge in [-0.05, 0) is 67.5 Å². The molecule has 2 atom stereocenters. The van der Waals surface area contributed by atoms with Crippen molar-refractivity contribution >= 4 is 46.3 Å². The van der Waals surface area contributed by atoms with Crippen LogP contribution in [0.15, 0.2) is 42.1 Å². The number of anilines is 1. The van der Waals surface area contributed by atoms with Crippen molar-refractivity contribution in [3.8, 4) is 0 Å². The summed E-state index contributed by atoms with van der Waals surface area (Å²) in [6, 6.07) is 10.7. The average Bonchev–Trinajstić information content (AvgIpc) is 2.94. The molecular formula is C25H26Cl2N2O2. The number of hydrogen-bond donors (Lipinski definition) is 0. The minimum atomic E-state index is -0.349. The van der Waals surface area contributed by atoms with E-state index in [1.807, 2.05) is 32.0 Å². The molecule has 4 rings (SSSR count). The molecule has 2 aliphatic heterocycles. The van der Waals surface area contributed by atoms with Gasteiger partial charge in [-0.1, -0.05) is 49.2 Å². The molecule has 0 N–H and O–H groups in total. The summed E-state index contributed by atoms with van der Waals surface area (Å²) in [6.07, 6.45) is 1.10. The molecular weight excluding hydrogens is 431 g/mol. The number of benzene rings is 2. The van der Waals surface area contributed by atoms with E-state index >= 15 is 0 Å². The summed E-state index contributed by atoms with van der Waals surface area (Å²) >= 11 is 12.6. The Morgan fingerprint density at radius 1 is 0.871 bits per heavy atom. The van der Waals surface area contributed by atoms with Gasteiger partial charge >= 0.3 is 0 Å². The summed E-state index contributed by atoms with van der Waals surface area (Å²) in [6.45, 7) is 9.80. The van der Waals surface area contributed by atoms with Crippen LogP contribution in [0, 0.1) is 25.7 Å². The lowest BCUT2D eigenvalue weighted by Crippen LogP contribution is -2.42. The molecule has 0 aromatic heterocycles. The maximum atomic E-state index is 13.7. The van der Waals surface area contributed by atoms with Crippen molar-refractivity contribution in [3.05, 3.63) is 68.8 Å². The van der Waals surface area contributed by atoms with E-state index in [0.29, 0.717) is 44.4 Å². The van der Waals surface area contributed by atoms with Gasteiger partial charge < -0.3 is 4.90 Å². The third-order valence-electron chi connectivity index (χ3n) is 6.19. The highest BCUT2D eigenvalue weighted by atomic mass is 35.5. The van der Waals surface area contributed by atoms with Crippen LogP contribution in [-0.4, -0.2) is 29.8 Å². The van der Waals surface area contributed by atoms with Gasteiger partial charge in [-0.25, -0.2) is 4.90 Å². The van der Waals surface area contributed by atoms with Gasteiger partial charge in [0.15, 0.2) is 0 Å². The van der Waals surface area contributed by atoms with Crippen molar-refractivity contribution < 1.29 is 9.59 Å². The molecule has 2 aromatic carbocycles. The Morgan fingerprint density at radius 2 is 1.55 bits per heavy atom. The molecule has 2 amide bonds. The third kappa shape index (κ3) is 3.99. The van der Waals surface area contributed by atoms with Crippen molar-refractivity contribution in [1.29, 1.82) is 0 Å². The SMILES string of the molecule is Cc1ccc(N2C(=O)C(c3ccc(Cl)cc3Cl)=C(N3CC(C)CC(C)C3)C2=O)cc1C. The smallest absolute Gasteiger partial charge is 0.282 e. The molecule has 2 unspecified atom stereocenters. The normalized spacial score (nSPS) is 22.0. The van der Waals surface area contributed by atoms with E-state index in [2.05, 4.69) is 18.7 Å². The fraction of sp³-hybridized carbons (Fsp3) is 0.360. The van der Waals surface area contributed by atoms with Gasteiger partial charge in [-0.2, -0.15) is 0 Å². The molecule has 4 nitrogen and oxygen atoms in total. The lowest BCUT2D eigenvalue weighted by Gasteiger charge is -2.37. The van der Waals surface area contributed by atoms with Gasteiger partial charge in [-0.3, -0.25) is 9.59 Å². The number of rotatable bonds is 3. The first kappa shape index (κ1) is 21.9. The van der Waals surface area contributed by atoms with E-state index in [0.717, 1.165) is 30.6 Å². The monoisotopic (exact) mass is 456 g/mol. The molecule has 0 radical (unpaired) electrons. The van der Waals surface area contributed by atoms with Crippen LogP contribution >= 0.6 is 23.2 Å². The molecule has 31 heavy (non-hydrogen) atoms. The van der Waals surface area contributed by atoms with Crippen molar-refractivity contribution in [2.45, 2.75) is 34.1 Å². The second kappa shape index (κ2) is 8.33. The minimum Gasteiger partial charge on any atom is -0.366 e. The Bertz CT molecular complexity index is 1100. The van der Waals surface area contributed by atoms with Gasteiger partial charge in [0.1, 0.15) is 5.70 Å². The second-order valence-corrected chi connectivity index (χ2v) is 9.76. The van der Waals surface area contributed by atoms with E-state index in [9.17, 15) is 9.59 Å². The Hall–Kier alpha value is -2.30. The van der Waals surface area contributed by atoms with E-state index in [4.69, 9.17) is 23.2 Å². The van der Waals surface area contributed by atoms with Crippen LogP contribution in [-0.2, 0) is 9.59 Å². The summed E-state index contributed by atoms with van der Waals surface area (Å²) in [7, 11) is 0. The number of piperidine rings is 1. The standard InChI is InChI=1S/C25H26Cl2N2O2/c1-14-9-15(2)13-28(12-14)23-22(20-8-6-18(26)11-21(20)27)24(30)29(25(23)31)19-7-5-16(3)17(4)10-19/h5-8,10-11,14-15H,9,12-13H2,1-4H3. The van der Waals surface area contributed by atoms with Crippen LogP contribution in [0.3, 0.4) is 0 Å². The molecule has 162 valence electrons. The first-order valence-corrected chi connectivity index (χ1v) is 11.3. The number of nitrogens with zero attached hydrogens (tertiary/aromatic N) is 2. The Morgan fingerprint density at radius 3 is 2.16 bits per heavy atom. The number of carbonyl (C=O) groups excluding carboxylic acids is 2. The van der Waals surface area contributed by atoms with Gasteiger partial charge in [0, 0.05) is 23.7 Å². The quantitative estimate of drug-likeness (QED) is 0.541. The van der Waals surface area contributed by atoms with Crippen LogP contribution in [0.2, 0.25) is 10.0 Å². The molecule has 0 saturated carbocycles. The molecule has 1 fully saturated rings. The second-order valence-electron chi connectivity index (χ2n) is 8.91. The van der Waals surface area contributed by atoms with Crippen molar-refractivity contribution in [2.24, 2.45) is 11.8 Å². The third-order valence-corrected chi connectivity index (χ3v) is 6.74. The first-order chi connectivity index (χ1) is 14.7. The Balaban J connectivity index is 1.87. The molecule has 2 heterocycles. The van der Waals surface area contributed by atoms with E-state index in [1.54, 1.807) is 18.2 Å². The number of likely N-dealkylation sites (tertiary alicyclic amines) is 1. The summed E-state index contributed by atoms with van der Waals surface area (Å²) in [5, 5.41) is 0.847. The van der Waals surface area contributed by atoms with Crippen LogP contribution in [0.5, 0.6) is 0 Å². The van der Waals surface area contributed by atoms with Gasteiger partial charge in [0.2, 0.25) is 0 Å². The number of imide groups is 1. The van der Waals surface area contributed by atoms with Crippen molar-refractivity contribution in [2.75, 3.05) is 18.0 Å². The zero-order chi connectivity index (χ0) is 22.4. The average molecular weight is 457 g/mol. The highest BCUT2D eigenvalue weighted by molar-refractivity contribution is 6.47. The largest absolute Gasteiger partial charge is 0.366 e. The maximum absolute atomic E-state index is 13.7. The van der Waals surface area contributed by atoms with E-state index < -0.39 is 0 Å². The highest BCUT2D eigenvalue weighted by Gasteiger charge is 2.44. The highest BCUT2D eigenvalue weighted by Crippen LogP contribution is 2.40. The molecule has 0 aliphatic carbocycles. The van der Waals surface area contributed by atoms with E-state index in [-0.39, 0.29) is 11.8 Å². The van der Waals surface area contributed by atoms with Gasteiger partial charge in [0.05, 0.1) is 16.3 Å². The summed E-state index contributed by atoms with van der Waals surface area (Å²) in [5.41, 5.74) is 4.04. The first-order valence-electron chi connectivity index (χ1n) is 10.6. The van der Waals surface area contributed by atoms with Crippen LogP contribution in [0.25, 0.3) is 5.57 Å². The Labute approximate surface area is 193 Å². The van der Waals surface area contributed by atoms with Gasteiger partial charge in [-0.15, -0.1) is 0 Å². The number of aryl methyl sites for hydroxylation is 2. The maximum Gasteiger partial charge on any atom is 0.282 e. The molecule has 2 aromatic rings. The van der Waals surface area contributed by atoms with Crippen LogP contribution in [0.1, 0.15) is 37.0 Å². The van der Waals surface area contributed by atoms with Crippen molar-refractivity contribution in [3.63, 3.8) is 0 Å². The van der Waals surface area contributed by atoms with E-state index in [1.165, 1.54) is 4.90 Å². The molecule has 0 spiro atoms. The number of carbonyl (C=O) groups is 2. The van der Waals surface area contributed by atoms with Crippen LogP contribution in [0.4, 0.5) is 5.69 Å². The number of halogens is 2. The molecule has 1 saturated heterocycles. The number of hydrogen-bond acceptors (Lipinski definition) is 3. The fourth-order valence-corrected chi connectivity index (χ4v) is 5.19. The lowest BCUT2D eigenvalue weighted by molar-refractivity contribution is -0.120. The summed E-state index contributed by atoms with van der Waals surface area (Å²) < 4.78 is 0. The van der Waals surface area contributed by atoms with Crippen molar-refractivity contribution in [1.82, 2.24) is 4.90 Å². The lowest BCUT2D eigenvalue weighted by atomic mass is 9.91. The predicted octanol–water partition coefficient (Wildman–Crippen LogP) is 5.87. The number of amides is 2. The molecule has 2 aliphatic rings. The Kier molecular flexibility index (Phi) is 5.89. The predicted molar refractivity (Wildman–Crippen MR) is 126 cm³/mol. The van der Waals surface area contributed by atoms with Crippen LogP contribution < -0.4 is 4.90 Å². The zero-order valence-electron chi connectivity index (χ0n) is 18.2. The summed E-state index contributed by atoms with van der Waals surface area (Å²) in [5.74, 6) is 0.211. The minimum absolute atomic E-state index is 0.296. The zero-order valence-corrected chi connectivity index (χ0v) is 19.7. The molecule has 0 bridgehead atoms. The van der Waals surface area contributed by atoms with Gasteiger partial charge in [0.25, 0.3) is 11.8 Å². The topological polar surface area (TPSA) is 40.6 Å². The molecule has 6 heteroatoms. The summed E-state index contributed by atoms with van der Waals surface area (Å²) in [4.78, 5) is 30.8. The fourth-order valence-electron chi connectivity index (χ4n) is 4.69.